The average Bonchev–Trinajstić information content (AvgIpc) is 2.26. The molecule has 5 heteroatoms. The Morgan fingerprint density at radius 3 is 2.39 bits per heavy atom. The highest BCUT2D eigenvalue weighted by Gasteiger charge is 2.19. The van der Waals surface area contributed by atoms with Crippen LogP contribution in [0.3, 0.4) is 0 Å². The maximum Gasteiger partial charge on any atom is 0.266 e. The van der Waals surface area contributed by atoms with Crippen LogP contribution < -0.4 is 0 Å². The second kappa shape index (κ2) is 6.13. The molecule has 1 unspecified atom stereocenters. The van der Waals surface area contributed by atoms with E-state index >= 15 is 0 Å². The van der Waals surface area contributed by atoms with E-state index in [1.54, 1.807) is 0 Å². The molecule has 1 rings (SSSR count). The highest BCUT2D eigenvalue weighted by atomic mass is 32.2. The van der Waals surface area contributed by atoms with Gasteiger partial charge in [-0.2, -0.15) is 8.42 Å². The Kier molecular flexibility index (Phi) is 5.07. The number of hydrogen-bond acceptors (Lipinski definition) is 3. The summed E-state index contributed by atoms with van der Waals surface area (Å²) in [5, 5.41) is 0. The third kappa shape index (κ3) is 4.60. The standard InChI is InChI=1S/C13H19NO3S/c1-11(2)13(12-7-5-4-6-8-12)14(3)9-10-18(15,16)17/h4-8,13H,1,9-10H2,2-3H3,(H,15,16,17). The van der Waals surface area contributed by atoms with Crippen LogP contribution >= 0.6 is 0 Å². The van der Waals surface area contributed by atoms with Crippen LogP contribution in [0.4, 0.5) is 0 Å². The SMILES string of the molecule is C=C(C)C(c1ccccc1)N(C)CCS(=O)(=O)O. The van der Waals surface area contributed by atoms with E-state index in [-0.39, 0.29) is 18.3 Å². The molecule has 0 aromatic heterocycles. The fraction of sp³-hybridized carbons (Fsp3) is 0.385. The van der Waals surface area contributed by atoms with Crippen molar-refractivity contribution in [2.24, 2.45) is 0 Å². The molecule has 0 heterocycles. The van der Waals surface area contributed by atoms with Crippen molar-refractivity contribution in [3.8, 4) is 0 Å². The van der Waals surface area contributed by atoms with Crippen LogP contribution in [0.25, 0.3) is 0 Å². The van der Waals surface area contributed by atoms with Gasteiger partial charge in [0.1, 0.15) is 0 Å². The molecule has 0 aliphatic rings. The number of nitrogens with zero attached hydrogens (tertiary/aromatic N) is 1. The van der Waals surface area contributed by atoms with E-state index in [1.165, 1.54) is 0 Å². The van der Waals surface area contributed by atoms with Gasteiger partial charge >= 0.3 is 0 Å². The molecule has 0 bridgehead atoms. The summed E-state index contributed by atoms with van der Waals surface area (Å²) in [4.78, 5) is 1.87. The van der Waals surface area contributed by atoms with Crippen LogP contribution in [-0.2, 0) is 10.1 Å². The predicted molar refractivity (Wildman–Crippen MR) is 73.0 cm³/mol. The predicted octanol–water partition coefficient (Wildman–Crippen LogP) is 2.12. The van der Waals surface area contributed by atoms with E-state index in [2.05, 4.69) is 6.58 Å². The molecule has 0 aliphatic carbocycles. The van der Waals surface area contributed by atoms with Crippen molar-refractivity contribution in [3.05, 3.63) is 48.0 Å². The van der Waals surface area contributed by atoms with Crippen molar-refractivity contribution < 1.29 is 13.0 Å². The van der Waals surface area contributed by atoms with Crippen LogP contribution in [0, 0.1) is 0 Å². The number of rotatable bonds is 6. The molecule has 1 aromatic rings. The van der Waals surface area contributed by atoms with Gasteiger partial charge in [0.15, 0.2) is 0 Å². The smallest absolute Gasteiger partial charge is 0.266 e. The quantitative estimate of drug-likeness (QED) is 0.635. The van der Waals surface area contributed by atoms with Gasteiger partial charge in [0.2, 0.25) is 0 Å². The monoisotopic (exact) mass is 269 g/mol. The largest absolute Gasteiger partial charge is 0.295 e. The molecule has 0 amide bonds. The fourth-order valence-corrected chi connectivity index (χ4v) is 2.46. The van der Waals surface area contributed by atoms with Crippen molar-refractivity contribution in [1.29, 1.82) is 0 Å². The number of likely N-dealkylation sites (N-methyl/N-ethyl adjacent to an activating group) is 1. The van der Waals surface area contributed by atoms with Gasteiger partial charge in [-0.1, -0.05) is 42.5 Å². The lowest BCUT2D eigenvalue weighted by Crippen LogP contribution is -2.30. The number of hydrogen-bond donors (Lipinski definition) is 1. The molecule has 4 nitrogen and oxygen atoms in total. The minimum Gasteiger partial charge on any atom is -0.295 e. The van der Waals surface area contributed by atoms with Gasteiger partial charge in [-0.15, -0.1) is 0 Å². The van der Waals surface area contributed by atoms with Crippen LogP contribution in [-0.4, -0.2) is 37.2 Å². The molecule has 0 aliphatic heterocycles. The average molecular weight is 269 g/mol. The first kappa shape index (κ1) is 14.9. The molecular weight excluding hydrogens is 250 g/mol. The van der Waals surface area contributed by atoms with Gasteiger partial charge in [0, 0.05) is 6.54 Å². The highest BCUT2D eigenvalue weighted by Crippen LogP contribution is 2.25. The summed E-state index contributed by atoms with van der Waals surface area (Å²) in [6.07, 6.45) is 0. The summed E-state index contributed by atoms with van der Waals surface area (Å²) in [6.45, 7) is 6.10. The molecule has 0 radical (unpaired) electrons. The van der Waals surface area contributed by atoms with Gasteiger partial charge in [-0.3, -0.25) is 9.45 Å². The molecule has 0 spiro atoms. The Labute approximate surface area is 109 Å². The lowest BCUT2D eigenvalue weighted by Gasteiger charge is -2.28. The fourth-order valence-electron chi connectivity index (χ4n) is 1.94. The van der Waals surface area contributed by atoms with Gasteiger partial charge in [-0.05, 0) is 19.5 Å². The van der Waals surface area contributed by atoms with E-state index in [1.807, 2.05) is 49.2 Å². The van der Waals surface area contributed by atoms with Crippen molar-refractivity contribution >= 4 is 10.1 Å². The van der Waals surface area contributed by atoms with Crippen molar-refractivity contribution in [3.63, 3.8) is 0 Å². The zero-order valence-electron chi connectivity index (χ0n) is 10.7. The van der Waals surface area contributed by atoms with Gasteiger partial charge in [0.25, 0.3) is 10.1 Å². The van der Waals surface area contributed by atoms with Crippen molar-refractivity contribution in [1.82, 2.24) is 4.90 Å². The summed E-state index contributed by atoms with van der Waals surface area (Å²) in [6, 6.07) is 9.70. The van der Waals surface area contributed by atoms with Gasteiger partial charge in [-0.25, -0.2) is 0 Å². The van der Waals surface area contributed by atoms with Crippen molar-refractivity contribution in [2.75, 3.05) is 19.3 Å². The topological polar surface area (TPSA) is 57.6 Å². The Balaban J connectivity index is 2.83. The minimum atomic E-state index is -3.93. The lowest BCUT2D eigenvalue weighted by atomic mass is 10.00. The van der Waals surface area contributed by atoms with Crippen LogP contribution in [0.2, 0.25) is 0 Å². The maximum atomic E-state index is 10.8. The molecule has 1 N–H and O–H groups in total. The molecule has 1 aromatic carbocycles. The summed E-state index contributed by atoms with van der Waals surface area (Å²) in [5.74, 6) is -0.278. The Bertz CT molecular complexity index is 496. The van der Waals surface area contributed by atoms with Crippen molar-refractivity contribution in [2.45, 2.75) is 13.0 Å². The van der Waals surface area contributed by atoms with Gasteiger partial charge in [0.05, 0.1) is 11.8 Å². The highest BCUT2D eigenvalue weighted by molar-refractivity contribution is 7.85. The normalized spacial score (nSPS) is 13.6. The zero-order chi connectivity index (χ0) is 13.8. The molecule has 0 fully saturated rings. The summed E-state index contributed by atoms with van der Waals surface area (Å²) >= 11 is 0. The third-order valence-corrected chi connectivity index (χ3v) is 3.42. The Morgan fingerprint density at radius 2 is 1.94 bits per heavy atom. The second-order valence-electron chi connectivity index (χ2n) is 4.43. The van der Waals surface area contributed by atoms with E-state index in [0.29, 0.717) is 0 Å². The third-order valence-electron chi connectivity index (χ3n) is 2.72. The summed E-state index contributed by atoms with van der Waals surface area (Å²) in [7, 11) is -2.11. The first-order valence-electron chi connectivity index (χ1n) is 5.67. The summed E-state index contributed by atoms with van der Waals surface area (Å²) < 4.78 is 30.3. The van der Waals surface area contributed by atoms with E-state index in [9.17, 15) is 8.42 Å². The summed E-state index contributed by atoms with van der Waals surface area (Å²) in [5.41, 5.74) is 1.99. The Hall–Kier alpha value is -1.17. The molecule has 0 saturated heterocycles. The van der Waals surface area contributed by atoms with Crippen LogP contribution in [0.5, 0.6) is 0 Å². The lowest BCUT2D eigenvalue weighted by molar-refractivity contribution is 0.289. The first-order chi connectivity index (χ1) is 8.31. The molecule has 18 heavy (non-hydrogen) atoms. The second-order valence-corrected chi connectivity index (χ2v) is 6.00. The van der Waals surface area contributed by atoms with E-state index < -0.39 is 10.1 Å². The minimum absolute atomic E-state index is 0.0482. The van der Waals surface area contributed by atoms with Crippen LogP contribution in [0.1, 0.15) is 18.5 Å². The van der Waals surface area contributed by atoms with E-state index in [4.69, 9.17) is 4.55 Å². The van der Waals surface area contributed by atoms with Gasteiger partial charge < -0.3 is 0 Å². The number of benzene rings is 1. The zero-order valence-corrected chi connectivity index (χ0v) is 11.5. The Morgan fingerprint density at radius 1 is 1.39 bits per heavy atom. The molecule has 100 valence electrons. The van der Waals surface area contributed by atoms with E-state index in [0.717, 1.165) is 11.1 Å². The van der Waals surface area contributed by atoms with Crippen LogP contribution in [0.15, 0.2) is 42.5 Å². The maximum absolute atomic E-state index is 10.8. The molecular formula is C13H19NO3S. The molecule has 0 saturated carbocycles. The molecule has 1 atom stereocenters. The first-order valence-corrected chi connectivity index (χ1v) is 7.28.